The second-order valence-electron chi connectivity index (χ2n) is 7.52. The third kappa shape index (κ3) is 6.27. The van der Waals surface area contributed by atoms with Gasteiger partial charge in [-0.2, -0.15) is 0 Å². The van der Waals surface area contributed by atoms with Crippen molar-refractivity contribution in [3.63, 3.8) is 0 Å². The van der Waals surface area contributed by atoms with Crippen LogP contribution in [0.1, 0.15) is 24.1 Å². The fourth-order valence-electron chi connectivity index (χ4n) is 3.47. The molecule has 0 unspecified atom stereocenters. The quantitative estimate of drug-likeness (QED) is 0.504. The van der Waals surface area contributed by atoms with E-state index >= 15 is 0 Å². The Labute approximate surface area is 195 Å². The van der Waals surface area contributed by atoms with Crippen molar-refractivity contribution in [3.05, 3.63) is 70.0 Å². The highest BCUT2D eigenvalue weighted by Gasteiger charge is 2.23. The molecule has 0 atom stereocenters. The molecule has 1 aliphatic heterocycles. The number of ether oxygens (including phenoxy) is 2. The van der Waals surface area contributed by atoms with E-state index in [9.17, 15) is 4.79 Å². The van der Waals surface area contributed by atoms with Crippen LogP contribution in [0.4, 0.5) is 10.5 Å². The van der Waals surface area contributed by atoms with Gasteiger partial charge in [0.05, 0.1) is 0 Å². The number of nitrogens with one attached hydrogen (secondary N) is 2. The van der Waals surface area contributed by atoms with Crippen molar-refractivity contribution in [2.45, 2.75) is 32.1 Å². The molecule has 1 amide bonds. The summed E-state index contributed by atoms with van der Waals surface area (Å²) in [4.78, 5) is 14.1. The van der Waals surface area contributed by atoms with Gasteiger partial charge in [0.1, 0.15) is 24.7 Å². The third-order valence-electron chi connectivity index (χ3n) is 5.12. The molecular formula is C22H23Cl2N5O3. The van der Waals surface area contributed by atoms with Crippen LogP contribution >= 0.6 is 23.2 Å². The molecule has 2 aromatic carbocycles. The topological polar surface area (TPSA) is 92.4 Å². The van der Waals surface area contributed by atoms with Gasteiger partial charge in [0.25, 0.3) is 0 Å². The second kappa shape index (κ2) is 10.6. The molecule has 1 aromatic heterocycles. The average molecular weight is 476 g/mol. The highest BCUT2D eigenvalue weighted by molar-refractivity contribution is 6.34. The summed E-state index contributed by atoms with van der Waals surface area (Å²) in [5.74, 6) is 0.761. The molecule has 1 fully saturated rings. The number of carbonyl (C=O) groups is 1. The third-order valence-corrected chi connectivity index (χ3v) is 5.55. The van der Waals surface area contributed by atoms with Gasteiger partial charge in [-0.05, 0) is 60.9 Å². The summed E-state index contributed by atoms with van der Waals surface area (Å²) in [6.07, 6.45) is 3.05. The Morgan fingerprint density at radius 3 is 2.47 bits per heavy atom. The van der Waals surface area contributed by atoms with Crippen LogP contribution in [0.2, 0.25) is 10.0 Å². The van der Waals surface area contributed by atoms with E-state index < -0.39 is 0 Å². The van der Waals surface area contributed by atoms with Crippen molar-refractivity contribution in [3.8, 4) is 5.75 Å². The lowest BCUT2D eigenvalue weighted by Crippen LogP contribution is -2.42. The second-order valence-corrected chi connectivity index (χ2v) is 8.39. The van der Waals surface area contributed by atoms with Gasteiger partial charge in [0.2, 0.25) is 0 Å². The predicted octanol–water partition coefficient (Wildman–Crippen LogP) is 4.90. The highest BCUT2D eigenvalue weighted by atomic mass is 35.5. The number of likely N-dealkylation sites (tertiary alicyclic amines) is 1. The Hall–Kier alpha value is -2.97. The fraction of sp³-hybridized carbons (Fsp3) is 0.318. The number of piperidine rings is 1. The van der Waals surface area contributed by atoms with Gasteiger partial charge < -0.3 is 19.7 Å². The smallest absolute Gasteiger partial charge is 0.410 e. The summed E-state index contributed by atoms with van der Waals surface area (Å²) in [6.45, 7) is 1.77. The number of rotatable bonds is 7. The SMILES string of the molecule is O=C(OCc1cc(Cl)cc(Cl)c1)N1CCC(Nc2ccc(OCc3c[nH]nn3)cc2)CC1. The molecule has 0 saturated carbocycles. The van der Waals surface area contributed by atoms with E-state index in [4.69, 9.17) is 32.7 Å². The first-order valence-electron chi connectivity index (χ1n) is 10.3. The lowest BCUT2D eigenvalue weighted by molar-refractivity contribution is 0.0882. The molecule has 1 saturated heterocycles. The molecule has 4 rings (SSSR count). The van der Waals surface area contributed by atoms with E-state index in [0.717, 1.165) is 35.5 Å². The Kier molecular flexibility index (Phi) is 7.34. The monoisotopic (exact) mass is 475 g/mol. The summed E-state index contributed by atoms with van der Waals surface area (Å²) in [5, 5.41) is 14.8. The predicted molar refractivity (Wildman–Crippen MR) is 122 cm³/mol. The number of benzene rings is 2. The maximum atomic E-state index is 12.4. The maximum absolute atomic E-state index is 12.4. The van der Waals surface area contributed by atoms with Crippen LogP contribution in [0, 0.1) is 0 Å². The first kappa shape index (κ1) is 22.2. The Balaban J connectivity index is 1.19. The number of aromatic amines is 1. The molecule has 168 valence electrons. The van der Waals surface area contributed by atoms with Crippen LogP contribution < -0.4 is 10.1 Å². The van der Waals surface area contributed by atoms with Crippen molar-refractivity contribution >= 4 is 35.0 Å². The van der Waals surface area contributed by atoms with Crippen molar-refractivity contribution in [2.24, 2.45) is 0 Å². The number of halogens is 2. The molecular weight excluding hydrogens is 453 g/mol. The lowest BCUT2D eigenvalue weighted by Gasteiger charge is -2.32. The average Bonchev–Trinajstić information content (AvgIpc) is 3.31. The van der Waals surface area contributed by atoms with E-state index in [1.807, 2.05) is 24.3 Å². The number of hydrogen-bond donors (Lipinski definition) is 2. The van der Waals surface area contributed by atoms with Crippen molar-refractivity contribution in [2.75, 3.05) is 18.4 Å². The Morgan fingerprint density at radius 2 is 1.81 bits per heavy atom. The standard InChI is InChI=1S/C22H23Cl2N5O3/c23-16-9-15(10-17(24)11-16)13-32-22(30)29-7-5-19(6-8-29)26-18-1-3-21(4-2-18)31-14-20-12-25-28-27-20/h1-4,9-12,19,26H,5-8,13-14H2,(H,25,27,28). The molecule has 2 heterocycles. The molecule has 10 heteroatoms. The number of amides is 1. The zero-order chi connectivity index (χ0) is 22.3. The van der Waals surface area contributed by atoms with Gasteiger partial charge in [-0.15, -0.1) is 5.10 Å². The van der Waals surface area contributed by atoms with E-state index in [-0.39, 0.29) is 18.7 Å². The molecule has 1 aliphatic rings. The molecule has 3 aromatic rings. The first-order chi connectivity index (χ1) is 15.5. The van der Waals surface area contributed by atoms with Crippen LogP contribution in [0.5, 0.6) is 5.75 Å². The number of aromatic nitrogens is 3. The molecule has 0 bridgehead atoms. The van der Waals surface area contributed by atoms with E-state index in [2.05, 4.69) is 20.7 Å². The van der Waals surface area contributed by atoms with Crippen molar-refractivity contribution in [1.29, 1.82) is 0 Å². The Morgan fingerprint density at radius 1 is 1.09 bits per heavy atom. The van der Waals surface area contributed by atoms with Gasteiger partial charge >= 0.3 is 6.09 Å². The van der Waals surface area contributed by atoms with Crippen LogP contribution in [-0.2, 0) is 18.0 Å². The van der Waals surface area contributed by atoms with E-state index in [0.29, 0.717) is 29.7 Å². The minimum absolute atomic E-state index is 0.141. The fourth-order valence-corrected chi connectivity index (χ4v) is 4.04. The molecule has 0 radical (unpaired) electrons. The minimum atomic E-state index is -0.326. The summed E-state index contributed by atoms with van der Waals surface area (Å²) in [6, 6.07) is 13.2. The van der Waals surface area contributed by atoms with E-state index in [1.165, 1.54) is 0 Å². The summed E-state index contributed by atoms with van der Waals surface area (Å²) in [5.41, 5.74) is 2.52. The van der Waals surface area contributed by atoms with Gasteiger partial charge in [0, 0.05) is 41.1 Å². The molecule has 0 spiro atoms. The number of H-pyrrole nitrogens is 1. The maximum Gasteiger partial charge on any atom is 0.410 e. The van der Waals surface area contributed by atoms with Crippen molar-refractivity contribution < 1.29 is 14.3 Å². The zero-order valence-corrected chi connectivity index (χ0v) is 18.8. The molecule has 2 N–H and O–H groups in total. The largest absolute Gasteiger partial charge is 0.487 e. The molecule has 32 heavy (non-hydrogen) atoms. The van der Waals surface area contributed by atoms with Crippen LogP contribution in [0.15, 0.2) is 48.7 Å². The number of hydrogen-bond acceptors (Lipinski definition) is 6. The normalized spacial score (nSPS) is 14.2. The number of carbonyl (C=O) groups excluding carboxylic acids is 1. The molecule has 0 aliphatic carbocycles. The van der Waals surface area contributed by atoms with Gasteiger partial charge in [-0.25, -0.2) is 4.79 Å². The lowest BCUT2D eigenvalue weighted by atomic mass is 10.1. The first-order valence-corrected chi connectivity index (χ1v) is 11.0. The summed E-state index contributed by atoms with van der Waals surface area (Å²) < 4.78 is 11.1. The highest BCUT2D eigenvalue weighted by Crippen LogP contribution is 2.22. The van der Waals surface area contributed by atoms with Gasteiger partial charge in [-0.1, -0.05) is 28.4 Å². The van der Waals surface area contributed by atoms with Crippen LogP contribution in [0.25, 0.3) is 0 Å². The van der Waals surface area contributed by atoms with Crippen LogP contribution in [0.3, 0.4) is 0 Å². The van der Waals surface area contributed by atoms with E-state index in [1.54, 1.807) is 29.3 Å². The van der Waals surface area contributed by atoms with Crippen LogP contribution in [-0.4, -0.2) is 45.5 Å². The molecule has 8 nitrogen and oxygen atoms in total. The number of nitrogens with zero attached hydrogens (tertiary/aromatic N) is 3. The number of anilines is 1. The Bertz CT molecular complexity index is 1000. The van der Waals surface area contributed by atoms with Crippen molar-refractivity contribution in [1.82, 2.24) is 20.3 Å². The summed E-state index contributed by atoms with van der Waals surface area (Å²) in [7, 11) is 0. The summed E-state index contributed by atoms with van der Waals surface area (Å²) >= 11 is 12.0. The minimum Gasteiger partial charge on any atom is -0.487 e. The van der Waals surface area contributed by atoms with Gasteiger partial charge in [-0.3, -0.25) is 5.10 Å². The van der Waals surface area contributed by atoms with Gasteiger partial charge in [0.15, 0.2) is 0 Å². The zero-order valence-electron chi connectivity index (χ0n) is 17.3.